The summed E-state index contributed by atoms with van der Waals surface area (Å²) in [4.78, 5) is 22.9. The number of amides is 1. The van der Waals surface area contributed by atoms with Gasteiger partial charge in [0.1, 0.15) is 5.82 Å². The maximum atomic E-state index is 11.8. The van der Waals surface area contributed by atoms with Crippen LogP contribution in [-0.4, -0.2) is 39.2 Å². The first-order valence-corrected chi connectivity index (χ1v) is 8.82. The highest BCUT2D eigenvalue weighted by Crippen LogP contribution is 2.50. The molecular formula is C17H21N7O. The molecule has 6 rings (SSSR count). The topological polar surface area (TPSA) is 113 Å². The Bertz CT molecular complexity index is 822. The summed E-state index contributed by atoms with van der Waals surface area (Å²) in [6, 6.07) is 3.86. The zero-order valence-corrected chi connectivity index (χ0v) is 13.9. The smallest absolute Gasteiger partial charge is 0.227 e. The van der Waals surface area contributed by atoms with Gasteiger partial charge in [0.25, 0.3) is 0 Å². The van der Waals surface area contributed by atoms with Crippen molar-refractivity contribution in [3.05, 3.63) is 24.0 Å². The van der Waals surface area contributed by atoms with Crippen molar-refractivity contribution in [3.8, 4) is 0 Å². The zero-order chi connectivity index (χ0) is 17.0. The van der Waals surface area contributed by atoms with Gasteiger partial charge in [-0.25, -0.2) is 4.98 Å². The lowest BCUT2D eigenvalue weighted by atomic mass is 9.58. The number of nitrogens with one attached hydrogen (secondary N) is 2. The number of carbonyl (C=O) groups excluding carboxylic acids is 1. The fourth-order valence-corrected chi connectivity index (χ4v) is 4.18. The number of piperidine rings is 2. The second-order valence-electron chi connectivity index (χ2n) is 7.65. The van der Waals surface area contributed by atoms with Gasteiger partial charge in [0.2, 0.25) is 11.9 Å². The zero-order valence-electron chi connectivity index (χ0n) is 13.9. The molecule has 130 valence electrons. The van der Waals surface area contributed by atoms with E-state index in [4.69, 9.17) is 5.73 Å². The molecule has 4 aliphatic rings. The number of primary amides is 1. The van der Waals surface area contributed by atoms with Crippen LogP contribution in [0.5, 0.6) is 0 Å². The number of rotatable bonds is 5. The summed E-state index contributed by atoms with van der Waals surface area (Å²) in [5, 5.41) is 10.6. The van der Waals surface area contributed by atoms with E-state index in [9.17, 15) is 4.79 Å². The molecule has 8 nitrogen and oxygen atoms in total. The van der Waals surface area contributed by atoms with Gasteiger partial charge in [0.15, 0.2) is 5.82 Å². The fraction of sp³-hybridized carbons (Fsp3) is 0.529. The standard InChI is InChI=1S/C17H21N7O/c18-15(25)17-6-10(7-17)8-24(9-17)16-19-4-3-13(21-16)20-14-5-12(22-23-14)11-1-2-11/h3-5,10-11H,1-2,6-9H2,(H2,18,25)(H2,19,20,21,22,23). The van der Waals surface area contributed by atoms with Crippen LogP contribution in [-0.2, 0) is 4.79 Å². The Morgan fingerprint density at radius 3 is 2.96 bits per heavy atom. The molecule has 0 atom stereocenters. The first-order valence-electron chi connectivity index (χ1n) is 8.82. The van der Waals surface area contributed by atoms with E-state index in [1.807, 2.05) is 12.1 Å². The van der Waals surface area contributed by atoms with Gasteiger partial charge in [-0.05, 0) is 37.7 Å². The molecule has 2 bridgehead atoms. The predicted octanol–water partition coefficient (Wildman–Crippen LogP) is 1.52. The minimum Gasteiger partial charge on any atom is -0.369 e. The normalized spacial score (nSPS) is 27.7. The summed E-state index contributed by atoms with van der Waals surface area (Å²) in [7, 11) is 0. The van der Waals surface area contributed by atoms with Crippen LogP contribution in [0, 0.1) is 11.3 Å². The van der Waals surface area contributed by atoms with Crippen LogP contribution in [0.3, 0.4) is 0 Å². The minimum atomic E-state index is -0.392. The largest absolute Gasteiger partial charge is 0.369 e. The molecule has 2 aliphatic carbocycles. The van der Waals surface area contributed by atoms with Crippen molar-refractivity contribution < 1.29 is 4.79 Å². The summed E-state index contributed by atoms with van der Waals surface area (Å²) in [5.41, 5.74) is 6.40. The Hall–Kier alpha value is -2.64. The molecule has 2 saturated carbocycles. The van der Waals surface area contributed by atoms with Crippen molar-refractivity contribution in [2.45, 2.75) is 31.6 Å². The second kappa shape index (κ2) is 5.18. The molecule has 4 heterocycles. The van der Waals surface area contributed by atoms with Gasteiger partial charge in [-0.2, -0.15) is 10.1 Å². The molecule has 2 aliphatic heterocycles. The molecule has 25 heavy (non-hydrogen) atoms. The van der Waals surface area contributed by atoms with Crippen molar-refractivity contribution in [1.29, 1.82) is 0 Å². The Balaban J connectivity index is 1.33. The molecule has 0 aromatic carbocycles. The Morgan fingerprint density at radius 1 is 1.36 bits per heavy atom. The number of nitrogens with zero attached hydrogens (tertiary/aromatic N) is 4. The van der Waals surface area contributed by atoms with Crippen LogP contribution in [0.25, 0.3) is 0 Å². The van der Waals surface area contributed by atoms with Gasteiger partial charge in [0, 0.05) is 37.0 Å². The number of aromatic amines is 1. The van der Waals surface area contributed by atoms with Gasteiger partial charge in [0.05, 0.1) is 5.41 Å². The minimum absolute atomic E-state index is 0.202. The molecule has 0 spiro atoms. The molecule has 0 unspecified atom stereocenters. The van der Waals surface area contributed by atoms with E-state index in [0.29, 0.717) is 30.1 Å². The van der Waals surface area contributed by atoms with Gasteiger partial charge in [-0.15, -0.1) is 0 Å². The first kappa shape index (κ1) is 14.7. The van der Waals surface area contributed by atoms with E-state index >= 15 is 0 Å². The highest BCUT2D eigenvalue weighted by atomic mass is 16.1. The van der Waals surface area contributed by atoms with Crippen molar-refractivity contribution in [2.24, 2.45) is 17.1 Å². The lowest BCUT2D eigenvalue weighted by Crippen LogP contribution is -2.62. The second-order valence-corrected chi connectivity index (χ2v) is 7.65. The van der Waals surface area contributed by atoms with Crippen molar-refractivity contribution >= 4 is 23.5 Å². The fourth-order valence-electron chi connectivity index (χ4n) is 4.18. The SMILES string of the molecule is NC(=O)C12CC(CN(c3nccc(Nc4cc(C5CC5)[nH]n4)n3)C1)C2. The molecule has 2 aromatic rings. The van der Waals surface area contributed by atoms with Crippen molar-refractivity contribution in [2.75, 3.05) is 23.3 Å². The maximum absolute atomic E-state index is 11.8. The molecular weight excluding hydrogens is 318 g/mol. The Morgan fingerprint density at radius 2 is 2.20 bits per heavy atom. The Labute approximate surface area is 145 Å². The van der Waals surface area contributed by atoms with Crippen LogP contribution in [0.1, 0.15) is 37.3 Å². The number of aromatic nitrogens is 4. The van der Waals surface area contributed by atoms with Crippen LogP contribution in [0.4, 0.5) is 17.6 Å². The number of anilines is 3. The highest BCUT2D eigenvalue weighted by Gasteiger charge is 2.54. The number of hydrogen-bond acceptors (Lipinski definition) is 6. The van der Waals surface area contributed by atoms with E-state index < -0.39 is 5.41 Å². The third-order valence-electron chi connectivity index (χ3n) is 5.65. The Kier molecular flexibility index (Phi) is 3.04. The number of H-pyrrole nitrogens is 1. The molecule has 0 radical (unpaired) electrons. The summed E-state index contributed by atoms with van der Waals surface area (Å²) in [5.74, 6) is 3.04. The number of carbonyl (C=O) groups is 1. The van der Waals surface area contributed by atoms with E-state index in [1.54, 1.807) is 6.20 Å². The van der Waals surface area contributed by atoms with Gasteiger partial charge < -0.3 is 16.0 Å². The molecule has 4 fully saturated rings. The van der Waals surface area contributed by atoms with Gasteiger partial charge in [-0.3, -0.25) is 9.89 Å². The quantitative estimate of drug-likeness (QED) is 0.761. The monoisotopic (exact) mass is 339 g/mol. The summed E-state index contributed by atoms with van der Waals surface area (Å²) in [6.07, 6.45) is 5.99. The van der Waals surface area contributed by atoms with Gasteiger partial charge in [-0.1, -0.05) is 0 Å². The van der Waals surface area contributed by atoms with E-state index in [-0.39, 0.29) is 5.91 Å². The predicted molar refractivity (Wildman–Crippen MR) is 92.4 cm³/mol. The summed E-state index contributed by atoms with van der Waals surface area (Å²) < 4.78 is 0. The number of hydrogen-bond donors (Lipinski definition) is 3. The van der Waals surface area contributed by atoms with Crippen LogP contribution < -0.4 is 16.0 Å². The first-order chi connectivity index (χ1) is 12.1. The van der Waals surface area contributed by atoms with E-state index in [0.717, 1.165) is 25.2 Å². The third kappa shape index (κ3) is 2.52. The van der Waals surface area contributed by atoms with Crippen molar-refractivity contribution in [3.63, 3.8) is 0 Å². The number of fused-ring (bicyclic) bond motifs is 2. The third-order valence-corrected chi connectivity index (χ3v) is 5.65. The average Bonchev–Trinajstić information content (AvgIpc) is 3.34. The average molecular weight is 339 g/mol. The van der Waals surface area contributed by atoms with E-state index in [1.165, 1.54) is 18.5 Å². The maximum Gasteiger partial charge on any atom is 0.227 e. The molecule has 2 saturated heterocycles. The highest BCUT2D eigenvalue weighted by molar-refractivity contribution is 5.83. The van der Waals surface area contributed by atoms with Crippen molar-refractivity contribution in [1.82, 2.24) is 20.2 Å². The van der Waals surface area contributed by atoms with E-state index in [2.05, 4.69) is 30.4 Å². The number of nitrogens with two attached hydrogens (primary N) is 1. The molecule has 8 heteroatoms. The molecule has 2 aromatic heterocycles. The van der Waals surface area contributed by atoms with Crippen LogP contribution in [0.2, 0.25) is 0 Å². The van der Waals surface area contributed by atoms with Gasteiger partial charge >= 0.3 is 0 Å². The van der Waals surface area contributed by atoms with Crippen LogP contribution in [0.15, 0.2) is 18.3 Å². The summed E-state index contributed by atoms with van der Waals surface area (Å²) in [6.45, 7) is 1.49. The lowest BCUT2D eigenvalue weighted by Gasteiger charge is -2.54. The molecule has 4 N–H and O–H groups in total. The van der Waals surface area contributed by atoms with Crippen LogP contribution >= 0.6 is 0 Å². The lowest BCUT2D eigenvalue weighted by molar-refractivity contribution is -0.137. The summed E-state index contributed by atoms with van der Waals surface area (Å²) >= 11 is 0. The molecule has 1 amide bonds.